The van der Waals surface area contributed by atoms with Gasteiger partial charge >= 0.3 is 6.61 Å². The summed E-state index contributed by atoms with van der Waals surface area (Å²) >= 11 is 0. The topological polar surface area (TPSA) is 47.3 Å². The van der Waals surface area contributed by atoms with Gasteiger partial charge in [-0.2, -0.15) is 8.78 Å². The van der Waals surface area contributed by atoms with E-state index in [0.29, 0.717) is 5.92 Å². The number of alkyl halides is 2. The molecule has 0 aliphatic heterocycles. The van der Waals surface area contributed by atoms with Gasteiger partial charge in [0.1, 0.15) is 5.75 Å². The quantitative estimate of drug-likeness (QED) is 0.615. The average molecular weight is 270 g/mol. The second-order valence-electron chi connectivity index (χ2n) is 5.06. The molecule has 3 nitrogen and oxygen atoms in total. The van der Waals surface area contributed by atoms with E-state index in [1.807, 2.05) is 6.07 Å². The molecular weight excluding hydrogens is 250 g/mol. The van der Waals surface area contributed by atoms with Crippen molar-refractivity contribution in [2.24, 2.45) is 11.8 Å². The summed E-state index contributed by atoms with van der Waals surface area (Å²) < 4.78 is 28.8. The van der Waals surface area contributed by atoms with Gasteiger partial charge in [-0.15, -0.1) is 0 Å². The zero-order chi connectivity index (χ0) is 13.7. The molecule has 0 bridgehead atoms. The van der Waals surface area contributed by atoms with Gasteiger partial charge in [0.05, 0.1) is 0 Å². The van der Waals surface area contributed by atoms with Gasteiger partial charge in [0.15, 0.2) is 0 Å². The number of rotatable bonds is 6. The molecule has 1 fully saturated rings. The van der Waals surface area contributed by atoms with Gasteiger partial charge in [0.25, 0.3) is 0 Å². The molecule has 0 saturated heterocycles. The standard InChI is InChI=1S/C14H20F2N2O/c15-14(16)19-12-7-3-6-11(9-12)13(18-17)8-10-4-1-2-5-10/h3,6-7,9-10,13-14,18H,1-2,4-5,8,17H2. The van der Waals surface area contributed by atoms with Crippen molar-refractivity contribution >= 4 is 0 Å². The molecule has 1 aromatic carbocycles. The Morgan fingerprint density at radius 2 is 2.05 bits per heavy atom. The summed E-state index contributed by atoms with van der Waals surface area (Å²) in [5, 5.41) is 0. The third kappa shape index (κ3) is 4.14. The second kappa shape index (κ2) is 6.82. The zero-order valence-corrected chi connectivity index (χ0v) is 10.8. The maximum atomic E-state index is 12.2. The Morgan fingerprint density at radius 1 is 1.32 bits per heavy atom. The first-order valence-electron chi connectivity index (χ1n) is 6.70. The molecule has 0 heterocycles. The van der Waals surface area contributed by atoms with E-state index in [-0.39, 0.29) is 11.8 Å². The minimum absolute atomic E-state index is 0.00989. The van der Waals surface area contributed by atoms with E-state index in [9.17, 15) is 8.78 Å². The van der Waals surface area contributed by atoms with E-state index in [1.165, 1.54) is 31.7 Å². The van der Waals surface area contributed by atoms with Gasteiger partial charge in [-0.3, -0.25) is 11.3 Å². The van der Waals surface area contributed by atoms with Crippen LogP contribution in [0, 0.1) is 5.92 Å². The van der Waals surface area contributed by atoms with Crippen molar-refractivity contribution in [3.05, 3.63) is 29.8 Å². The Balaban J connectivity index is 2.04. The van der Waals surface area contributed by atoms with E-state index in [0.717, 1.165) is 12.0 Å². The minimum atomic E-state index is -2.80. The lowest BCUT2D eigenvalue weighted by atomic mass is 9.94. The highest BCUT2D eigenvalue weighted by Crippen LogP contribution is 2.33. The van der Waals surface area contributed by atoms with Crippen LogP contribution in [0.1, 0.15) is 43.7 Å². The van der Waals surface area contributed by atoms with Crippen LogP contribution in [0.2, 0.25) is 0 Å². The summed E-state index contributed by atoms with van der Waals surface area (Å²) in [6.45, 7) is -2.80. The monoisotopic (exact) mass is 270 g/mol. The first kappa shape index (κ1) is 14.2. The van der Waals surface area contributed by atoms with Crippen molar-refractivity contribution in [3.63, 3.8) is 0 Å². The highest BCUT2D eigenvalue weighted by atomic mass is 19.3. The lowest BCUT2D eigenvalue weighted by molar-refractivity contribution is -0.0499. The normalized spacial score (nSPS) is 17.9. The van der Waals surface area contributed by atoms with Crippen LogP contribution in [0.5, 0.6) is 5.75 Å². The first-order valence-corrected chi connectivity index (χ1v) is 6.70. The van der Waals surface area contributed by atoms with Gasteiger partial charge in [0.2, 0.25) is 0 Å². The summed E-state index contributed by atoms with van der Waals surface area (Å²) in [7, 11) is 0. The maximum absolute atomic E-state index is 12.2. The predicted octanol–water partition coefficient (Wildman–Crippen LogP) is 3.37. The van der Waals surface area contributed by atoms with Crippen LogP contribution < -0.4 is 16.0 Å². The van der Waals surface area contributed by atoms with Crippen LogP contribution in [0.3, 0.4) is 0 Å². The molecule has 0 spiro atoms. The highest BCUT2D eigenvalue weighted by Gasteiger charge is 2.21. The van der Waals surface area contributed by atoms with Crippen LogP contribution in [0.15, 0.2) is 24.3 Å². The Hall–Kier alpha value is -1.20. The van der Waals surface area contributed by atoms with Crippen molar-refractivity contribution < 1.29 is 13.5 Å². The number of nitrogens with two attached hydrogens (primary N) is 1. The molecule has 19 heavy (non-hydrogen) atoms. The molecule has 106 valence electrons. The minimum Gasteiger partial charge on any atom is -0.435 e. The summed E-state index contributed by atoms with van der Waals surface area (Å²) in [5.74, 6) is 6.44. The van der Waals surface area contributed by atoms with Crippen molar-refractivity contribution in [3.8, 4) is 5.75 Å². The van der Waals surface area contributed by atoms with Gasteiger partial charge in [-0.25, -0.2) is 0 Å². The van der Waals surface area contributed by atoms with Crippen molar-refractivity contribution in [1.82, 2.24) is 5.43 Å². The first-order chi connectivity index (χ1) is 9.19. The van der Waals surface area contributed by atoms with Crippen molar-refractivity contribution in [2.45, 2.75) is 44.8 Å². The average Bonchev–Trinajstić information content (AvgIpc) is 2.88. The van der Waals surface area contributed by atoms with Crippen LogP contribution >= 0.6 is 0 Å². The van der Waals surface area contributed by atoms with Gasteiger partial charge in [0, 0.05) is 6.04 Å². The van der Waals surface area contributed by atoms with E-state index < -0.39 is 6.61 Å². The van der Waals surface area contributed by atoms with E-state index in [4.69, 9.17) is 5.84 Å². The third-order valence-corrected chi connectivity index (χ3v) is 3.73. The van der Waals surface area contributed by atoms with E-state index in [2.05, 4.69) is 10.2 Å². The predicted molar refractivity (Wildman–Crippen MR) is 69.7 cm³/mol. The summed E-state index contributed by atoms with van der Waals surface area (Å²) in [6.07, 6.45) is 5.94. The lowest BCUT2D eigenvalue weighted by Crippen LogP contribution is -2.29. The molecule has 5 heteroatoms. The van der Waals surface area contributed by atoms with Crippen LogP contribution in [-0.2, 0) is 0 Å². The number of hydrogen-bond acceptors (Lipinski definition) is 3. The maximum Gasteiger partial charge on any atom is 0.387 e. The molecule has 2 rings (SSSR count). The Labute approximate surface area is 112 Å². The zero-order valence-electron chi connectivity index (χ0n) is 10.8. The van der Waals surface area contributed by atoms with E-state index in [1.54, 1.807) is 12.1 Å². The van der Waals surface area contributed by atoms with Crippen LogP contribution in [-0.4, -0.2) is 6.61 Å². The highest BCUT2D eigenvalue weighted by molar-refractivity contribution is 5.30. The van der Waals surface area contributed by atoms with Crippen LogP contribution in [0.4, 0.5) is 8.78 Å². The fourth-order valence-electron chi connectivity index (χ4n) is 2.79. The Morgan fingerprint density at radius 3 is 2.68 bits per heavy atom. The summed E-state index contributed by atoms with van der Waals surface area (Å²) in [5.41, 5.74) is 3.68. The van der Waals surface area contributed by atoms with Gasteiger partial charge in [-0.05, 0) is 30.0 Å². The molecule has 1 saturated carbocycles. The van der Waals surface area contributed by atoms with Crippen molar-refractivity contribution in [1.29, 1.82) is 0 Å². The molecule has 1 aliphatic rings. The van der Waals surface area contributed by atoms with Gasteiger partial charge in [-0.1, -0.05) is 37.8 Å². The molecule has 1 aliphatic carbocycles. The van der Waals surface area contributed by atoms with Crippen LogP contribution in [0.25, 0.3) is 0 Å². The Bertz CT molecular complexity index is 395. The third-order valence-electron chi connectivity index (χ3n) is 3.73. The molecule has 0 amide bonds. The molecule has 1 aromatic rings. The number of hydrogen-bond donors (Lipinski definition) is 2. The fraction of sp³-hybridized carbons (Fsp3) is 0.571. The Kier molecular flexibility index (Phi) is 5.10. The van der Waals surface area contributed by atoms with Crippen molar-refractivity contribution in [2.75, 3.05) is 0 Å². The summed E-state index contributed by atoms with van der Waals surface area (Å²) in [4.78, 5) is 0. The number of hydrazine groups is 1. The van der Waals surface area contributed by atoms with E-state index >= 15 is 0 Å². The molecule has 0 aromatic heterocycles. The molecule has 1 unspecified atom stereocenters. The largest absolute Gasteiger partial charge is 0.435 e. The fourth-order valence-corrected chi connectivity index (χ4v) is 2.79. The number of halogens is 2. The number of benzene rings is 1. The molecule has 1 atom stereocenters. The second-order valence-corrected chi connectivity index (χ2v) is 5.06. The van der Waals surface area contributed by atoms with Gasteiger partial charge < -0.3 is 4.74 Å². The molecule has 3 N–H and O–H groups in total. The number of nitrogens with one attached hydrogen (secondary N) is 1. The molecule has 0 radical (unpaired) electrons. The number of ether oxygens (including phenoxy) is 1. The smallest absolute Gasteiger partial charge is 0.387 e. The summed E-state index contributed by atoms with van der Waals surface area (Å²) in [6, 6.07) is 6.75. The lowest BCUT2D eigenvalue weighted by Gasteiger charge is -2.20. The molecular formula is C14H20F2N2O. The SMILES string of the molecule is NNC(CC1CCCC1)c1cccc(OC(F)F)c1.